The third-order valence-corrected chi connectivity index (χ3v) is 6.74. The van der Waals surface area contributed by atoms with Gasteiger partial charge < -0.3 is 0 Å². The fraction of sp³-hybridized carbons (Fsp3) is 0.571. The van der Waals surface area contributed by atoms with Crippen molar-refractivity contribution in [1.29, 1.82) is 0 Å². The molecule has 2 fully saturated rings. The Balaban J connectivity index is 1.34. The fourth-order valence-electron chi connectivity index (χ4n) is 4.36. The van der Waals surface area contributed by atoms with Gasteiger partial charge in [-0.05, 0) is 42.4 Å². The average molecular weight is 370 g/mol. The van der Waals surface area contributed by atoms with Crippen molar-refractivity contribution in [2.24, 2.45) is 5.92 Å². The van der Waals surface area contributed by atoms with Crippen molar-refractivity contribution in [3.05, 3.63) is 40.4 Å². The normalized spacial score (nSPS) is 18.9. The monoisotopic (exact) mass is 369 g/mol. The van der Waals surface area contributed by atoms with Crippen molar-refractivity contribution in [2.75, 3.05) is 5.32 Å². The van der Waals surface area contributed by atoms with Crippen LogP contribution in [-0.4, -0.2) is 16.1 Å². The standard InChI is InChI=1S/C21H27N3OS/c25-20(18-12-10-17(11-13-18)16-8-2-1-3-9-16)22-21-24-23-19(26-21)14-15-6-4-5-7-15/h10-13,15-16H,1-9,14H2,(H,22,24,25). The molecule has 26 heavy (non-hydrogen) atoms. The summed E-state index contributed by atoms with van der Waals surface area (Å²) in [4.78, 5) is 12.5. The van der Waals surface area contributed by atoms with E-state index in [1.54, 1.807) is 0 Å². The highest BCUT2D eigenvalue weighted by Crippen LogP contribution is 2.33. The number of hydrogen-bond donors (Lipinski definition) is 1. The van der Waals surface area contributed by atoms with Crippen LogP contribution in [0.2, 0.25) is 0 Å². The van der Waals surface area contributed by atoms with Crippen LogP contribution in [0.15, 0.2) is 24.3 Å². The van der Waals surface area contributed by atoms with E-state index in [2.05, 4.69) is 27.6 Å². The molecule has 0 aliphatic heterocycles. The number of carbonyl (C=O) groups excluding carboxylic acids is 1. The zero-order valence-corrected chi connectivity index (χ0v) is 16.1. The summed E-state index contributed by atoms with van der Waals surface area (Å²) in [7, 11) is 0. The molecule has 1 aromatic carbocycles. The number of anilines is 1. The molecule has 138 valence electrons. The molecule has 2 saturated carbocycles. The van der Waals surface area contributed by atoms with E-state index in [9.17, 15) is 4.79 Å². The Bertz CT molecular complexity index is 728. The van der Waals surface area contributed by atoms with Crippen LogP contribution in [0, 0.1) is 5.92 Å². The molecule has 0 spiro atoms. The number of nitrogens with zero attached hydrogens (tertiary/aromatic N) is 2. The van der Waals surface area contributed by atoms with Crippen LogP contribution in [0.4, 0.5) is 5.13 Å². The van der Waals surface area contributed by atoms with E-state index in [1.165, 1.54) is 74.7 Å². The lowest BCUT2D eigenvalue weighted by Crippen LogP contribution is -2.12. The molecule has 4 nitrogen and oxygen atoms in total. The third-order valence-electron chi connectivity index (χ3n) is 5.87. The number of amides is 1. The molecule has 1 aromatic heterocycles. The minimum atomic E-state index is -0.0937. The van der Waals surface area contributed by atoms with Crippen molar-refractivity contribution >= 4 is 22.4 Å². The first kappa shape index (κ1) is 17.7. The Hall–Kier alpha value is -1.75. The van der Waals surface area contributed by atoms with Crippen molar-refractivity contribution < 1.29 is 4.79 Å². The van der Waals surface area contributed by atoms with Gasteiger partial charge in [0.1, 0.15) is 5.01 Å². The quantitative estimate of drug-likeness (QED) is 0.749. The summed E-state index contributed by atoms with van der Waals surface area (Å²) in [6.07, 6.45) is 12.8. The van der Waals surface area contributed by atoms with Crippen molar-refractivity contribution in [2.45, 2.75) is 70.1 Å². The van der Waals surface area contributed by atoms with Crippen molar-refractivity contribution in [1.82, 2.24) is 10.2 Å². The minimum absolute atomic E-state index is 0.0937. The second-order valence-electron chi connectivity index (χ2n) is 7.77. The van der Waals surface area contributed by atoms with Gasteiger partial charge in [-0.25, -0.2) is 0 Å². The highest BCUT2D eigenvalue weighted by molar-refractivity contribution is 7.15. The topological polar surface area (TPSA) is 54.9 Å². The maximum absolute atomic E-state index is 12.5. The minimum Gasteiger partial charge on any atom is -0.296 e. The molecule has 0 atom stereocenters. The van der Waals surface area contributed by atoms with Gasteiger partial charge in [0, 0.05) is 12.0 Å². The summed E-state index contributed by atoms with van der Waals surface area (Å²) in [6.45, 7) is 0. The molecule has 0 saturated heterocycles. The zero-order chi connectivity index (χ0) is 17.8. The summed E-state index contributed by atoms with van der Waals surface area (Å²) < 4.78 is 0. The lowest BCUT2D eigenvalue weighted by Gasteiger charge is -2.22. The van der Waals surface area contributed by atoms with Crippen LogP contribution in [0.25, 0.3) is 0 Å². The first-order valence-electron chi connectivity index (χ1n) is 10.0. The van der Waals surface area contributed by atoms with E-state index >= 15 is 0 Å². The lowest BCUT2D eigenvalue weighted by atomic mass is 9.84. The molecular weight excluding hydrogens is 342 g/mol. The molecule has 1 amide bonds. The van der Waals surface area contributed by atoms with Gasteiger partial charge in [0.25, 0.3) is 5.91 Å². The van der Waals surface area contributed by atoms with Crippen LogP contribution in [0.1, 0.15) is 84.6 Å². The van der Waals surface area contributed by atoms with E-state index < -0.39 is 0 Å². The average Bonchev–Trinajstić information content (AvgIpc) is 3.35. The molecular formula is C21H27N3OS. The number of benzene rings is 1. The van der Waals surface area contributed by atoms with E-state index in [1.807, 2.05) is 12.1 Å². The maximum Gasteiger partial charge on any atom is 0.257 e. The Morgan fingerprint density at radius 1 is 0.962 bits per heavy atom. The molecule has 1 heterocycles. The van der Waals surface area contributed by atoms with Crippen LogP contribution < -0.4 is 5.32 Å². The third kappa shape index (κ3) is 4.32. The van der Waals surface area contributed by atoms with Gasteiger partial charge >= 0.3 is 0 Å². The van der Waals surface area contributed by atoms with Gasteiger partial charge in [0.05, 0.1) is 0 Å². The van der Waals surface area contributed by atoms with Gasteiger partial charge in [-0.15, -0.1) is 10.2 Å². The van der Waals surface area contributed by atoms with Crippen LogP contribution in [0.5, 0.6) is 0 Å². The summed E-state index contributed by atoms with van der Waals surface area (Å²) in [5, 5.41) is 13.0. The highest BCUT2D eigenvalue weighted by Gasteiger charge is 2.19. The van der Waals surface area contributed by atoms with Gasteiger partial charge in [0.2, 0.25) is 5.13 Å². The molecule has 2 aromatic rings. The van der Waals surface area contributed by atoms with Crippen molar-refractivity contribution in [3.63, 3.8) is 0 Å². The lowest BCUT2D eigenvalue weighted by molar-refractivity contribution is 0.102. The van der Waals surface area contributed by atoms with Crippen LogP contribution in [-0.2, 0) is 6.42 Å². The number of aromatic nitrogens is 2. The van der Waals surface area contributed by atoms with Crippen LogP contribution in [0.3, 0.4) is 0 Å². The second kappa shape index (κ2) is 8.30. The van der Waals surface area contributed by atoms with Gasteiger partial charge in [-0.3, -0.25) is 10.1 Å². The molecule has 5 heteroatoms. The second-order valence-corrected chi connectivity index (χ2v) is 8.83. The largest absolute Gasteiger partial charge is 0.296 e. The SMILES string of the molecule is O=C(Nc1nnc(CC2CCCC2)s1)c1ccc(C2CCCCC2)cc1. The van der Waals surface area contributed by atoms with E-state index in [0.29, 0.717) is 16.6 Å². The zero-order valence-electron chi connectivity index (χ0n) is 15.2. The Morgan fingerprint density at radius 2 is 1.65 bits per heavy atom. The summed E-state index contributed by atoms with van der Waals surface area (Å²) in [5.41, 5.74) is 2.06. The number of hydrogen-bond acceptors (Lipinski definition) is 4. The summed E-state index contributed by atoms with van der Waals surface area (Å²) >= 11 is 1.51. The number of carbonyl (C=O) groups is 1. The number of rotatable bonds is 5. The molecule has 0 radical (unpaired) electrons. The molecule has 2 aliphatic rings. The fourth-order valence-corrected chi connectivity index (χ4v) is 5.21. The predicted molar refractivity (Wildman–Crippen MR) is 106 cm³/mol. The molecule has 2 aliphatic carbocycles. The van der Waals surface area contributed by atoms with E-state index in [-0.39, 0.29) is 5.91 Å². The first-order chi connectivity index (χ1) is 12.8. The van der Waals surface area contributed by atoms with Gasteiger partial charge in [0.15, 0.2) is 0 Å². The number of nitrogens with one attached hydrogen (secondary N) is 1. The Morgan fingerprint density at radius 3 is 2.38 bits per heavy atom. The smallest absolute Gasteiger partial charge is 0.257 e. The Labute approximate surface area is 159 Å². The maximum atomic E-state index is 12.5. The predicted octanol–water partition coefficient (Wildman–Crippen LogP) is 5.57. The van der Waals surface area contributed by atoms with E-state index in [4.69, 9.17) is 0 Å². The highest BCUT2D eigenvalue weighted by atomic mass is 32.1. The first-order valence-corrected chi connectivity index (χ1v) is 10.8. The molecule has 4 rings (SSSR count). The van der Waals surface area contributed by atoms with Crippen molar-refractivity contribution in [3.8, 4) is 0 Å². The molecule has 0 bridgehead atoms. The summed E-state index contributed by atoms with van der Waals surface area (Å²) in [6, 6.07) is 8.13. The van der Waals surface area contributed by atoms with E-state index in [0.717, 1.165) is 17.3 Å². The Kier molecular flexibility index (Phi) is 5.63. The molecule has 1 N–H and O–H groups in total. The molecule has 0 unspecified atom stereocenters. The van der Waals surface area contributed by atoms with Crippen LogP contribution >= 0.6 is 11.3 Å². The van der Waals surface area contributed by atoms with Gasteiger partial charge in [-0.2, -0.15) is 0 Å². The van der Waals surface area contributed by atoms with Gasteiger partial charge in [-0.1, -0.05) is 68.4 Å². The summed E-state index contributed by atoms with van der Waals surface area (Å²) in [5.74, 6) is 1.32.